The van der Waals surface area contributed by atoms with Gasteiger partial charge in [-0.2, -0.15) is 0 Å². The second-order valence-electron chi connectivity index (χ2n) is 3.83. The van der Waals surface area contributed by atoms with Gasteiger partial charge in [-0.05, 0) is 23.3 Å². The van der Waals surface area contributed by atoms with Crippen molar-refractivity contribution in [3.8, 4) is 0 Å². The molecule has 0 atom stereocenters. The first-order chi connectivity index (χ1) is 8.15. The first-order valence-electron chi connectivity index (χ1n) is 5.37. The van der Waals surface area contributed by atoms with Crippen molar-refractivity contribution < 1.29 is 4.79 Å². The molecule has 0 aliphatic carbocycles. The summed E-state index contributed by atoms with van der Waals surface area (Å²) in [5.41, 5.74) is 1.84. The summed E-state index contributed by atoms with van der Waals surface area (Å²) in [6, 6.07) is 9.44. The molecule has 0 unspecified atom stereocenters. The van der Waals surface area contributed by atoms with Crippen LogP contribution in [0.25, 0.3) is 0 Å². The highest BCUT2D eigenvalue weighted by atomic mass is 35.5. The van der Waals surface area contributed by atoms with Crippen molar-refractivity contribution in [2.45, 2.75) is 0 Å². The van der Waals surface area contributed by atoms with Gasteiger partial charge in [0, 0.05) is 18.1 Å². The lowest BCUT2D eigenvalue weighted by molar-refractivity contribution is -0.109. The first-order valence-corrected chi connectivity index (χ1v) is 5.75. The third kappa shape index (κ3) is 4.55. The van der Waals surface area contributed by atoms with Gasteiger partial charge in [-0.3, -0.25) is 0 Å². The van der Waals surface area contributed by atoms with Gasteiger partial charge in [0.05, 0.1) is 5.92 Å². The average molecular weight is 250 g/mol. The number of carbonyl (C=O) groups excluding carboxylic acids is 1. The van der Waals surface area contributed by atoms with Crippen LogP contribution in [0, 0.1) is 5.92 Å². The zero-order valence-corrected chi connectivity index (χ0v) is 10.4. The van der Waals surface area contributed by atoms with Crippen LogP contribution in [0.5, 0.6) is 0 Å². The molecule has 2 nitrogen and oxygen atoms in total. The second kappa shape index (κ2) is 7.05. The molecule has 0 saturated carbocycles. The van der Waals surface area contributed by atoms with E-state index in [0.717, 1.165) is 35.5 Å². The van der Waals surface area contributed by atoms with Gasteiger partial charge >= 0.3 is 0 Å². The maximum atomic E-state index is 10.4. The van der Waals surface area contributed by atoms with E-state index in [4.69, 9.17) is 11.6 Å². The van der Waals surface area contributed by atoms with Crippen LogP contribution in [-0.4, -0.2) is 19.4 Å². The Morgan fingerprint density at radius 1 is 1.18 bits per heavy atom. The molecule has 1 N–H and O–H groups in total. The van der Waals surface area contributed by atoms with Gasteiger partial charge in [-0.25, -0.2) is 0 Å². The number of piperidine rings is 1. The minimum absolute atomic E-state index is 0.110. The van der Waals surface area contributed by atoms with Gasteiger partial charge < -0.3 is 10.1 Å². The molecular formula is C14H16ClNO. The van der Waals surface area contributed by atoms with Crippen LogP contribution >= 0.6 is 11.6 Å². The van der Waals surface area contributed by atoms with Gasteiger partial charge in [0.1, 0.15) is 6.29 Å². The summed E-state index contributed by atoms with van der Waals surface area (Å²) < 4.78 is 0. The lowest BCUT2D eigenvalue weighted by Crippen LogP contribution is -2.32. The minimum atomic E-state index is -0.110. The Labute approximate surface area is 107 Å². The van der Waals surface area contributed by atoms with Crippen molar-refractivity contribution in [1.29, 1.82) is 0 Å². The van der Waals surface area contributed by atoms with E-state index in [1.165, 1.54) is 0 Å². The molecule has 1 saturated heterocycles. The summed E-state index contributed by atoms with van der Waals surface area (Å²) in [5, 5.41) is 3.88. The smallest absolute Gasteiger partial charge is 0.131 e. The molecule has 1 aromatic rings. The Morgan fingerprint density at radius 3 is 2.00 bits per heavy atom. The largest absolute Gasteiger partial charge is 0.309 e. The van der Waals surface area contributed by atoms with Gasteiger partial charge in [-0.15, -0.1) is 0 Å². The van der Waals surface area contributed by atoms with Crippen LogP contribution in [-0.2, 0) is 4.79 Å². The molecule has 0 aromatic heterocycles. The Bertz CT molecular complexity index is 384. The Balaban J connectivity index is 0.000000181. The highest BCUT2D eigenvalue weighted by Gasteiger charge is 2.18. The normalized spacial score (nSPS) is 16.1. The Kier molecular flexibility index (Phi) is 5.67. The average Bonchev–Trinajstić information content (AvgIpc) is 2.31. The van der Waals surface area contributed by atoms with Crippen molar-refractivity contribution in [2.24, 2.45) is 5.92 Å². The SMILES string of the molecule is C=C1CNCC(=C)C1C=O.Clc1ccccc1. The number of hydrogen-bond donors (Lipinski definition) is 1. The molecule has 0 radical (unpaired) electrons. The molecule has 0 spiro atoms. The summed E-state index contributed by atoms with van der Waals surface area (Å²) >= 11 is 5.54. The van der Waals surface area contributed by atoms with Crippen molar-refractivity contribution in [3.63, 3.8) is 0 Å². The number of carbonyl (C=O) groups is 1. The van der Waals surface area contributed by atoms with Crippen molar-refractivity contribution in [2.75, 3.05) is 13.1 Å². The molecule has 3 heteroatoms. The van der Waals surface area contributed by atoms with E-state index in [-0.39, 0.29) is 5.92 Å². The lowest BCUT2D eigenvalue weighted by atomic mass is 9.91. The quantitative estimate of drug-likeness (QED) is 0.613. The van der Waals surface area contributed by atoms with Crippen LogP contribution in [0.1, 0.15) is 0 Å². The van der Waals surface area contributed by atoms with Crippen LogP contribution in [0.2, 0.25) is 5.02 Å². The van der Waals surface area contributed by atoms with Gasteiger partial charge in [0.2, 0.25) is 0 Å². The first kappa shape index (κ1) is 13.7. The lowest BCUT2D eigenvalue weighted by Gasteiger charge is -2.22. The van der Waals surface area contributed by atoms with Crippen LogP contribution in [0.3, 0.4) is 0 Å². The summed E-state index contributed by atoms with van der Waals surface area (Å²) in [6.45, 7) is 9.00. The molecular weight excluding hydrogens is 234 g/mol. The van der Waals surface area contributed by atoms with Crippen LogP contribution < -0.4 is 5.32 Å². The molecule has 1 aliphatic heterocycles. The van der Waals surface area contributed by atoms with Crippen LogP contribution in [0.15, 0.2) is 54.6 Å². The maximum absolute atomic E-state index is 10.4. The van der Waals surface area contributed by atoms with E-state index < -0.39 is 0 Å². The molecule has 1 fully saturated rings. The fraction of sp³-hybridized carbons (Fsp3) is 0.214. The number of rotatable bonds is 1. The predicted octanol–water partition coefficient (Wildman–Crippen LogP) is 2.86. The molecule has 1 aromatic carbocycles. The second-order valence-corrected chi connectivity index (χ2v) is 4.27. The molecule has 2 rings (SSSR count). The highest BCUT2D eigenvalue weighted by Crippen LogP contribution is 2.17. The van der Waals surface area contributed by atoms with Crippen molar-refractivity contribution in [3.05, 3.63) is 59.7 Å². The topological polar surface area (TPSA) is 29.1 Å². The van der Waals surface area contributed by atoms with E-state index in [9.17, 15) is 4.79 Å². The number of aldehydes is 1. The fourth-order valence-corrected chi connectivity index (χ4v) is 1.64. The van der Waals surface area contributed by atoms with E-state index in [2.05, 4.69) is 18.5 Å². The third-order valence-corrected chi connectivity index (χ3v) is 2.70. The maximum Gasteiger partial charge on any atom is 0.131 e. The molecule has 1 aliphatic rings. The number of hydrogen-bond acceptors (Lipinski definition) is 2. The summed E-state index contributed by atoms with van der Waals surface area (Å²) in [4.78, 5) is 10.4. The monoisotopic (exact) mass is 249 g/mol. The number of nitrogens with one attached hydrogen (secondary N) is 1. The van der Waals surface area contributed by atoms with Crippen molar-refractivity contribution >= 4 is 17.9 Å². The van der Waals surface area contributed by atoms with Gasteiger partial charge in [0.15, 0.2) is 0 Å². The van der Waals surface area contributed by atoms with E-state index in [1.54, 1.807) is 0 Å². The van der Waals surface area contributed by atoms with Gasteiger partial charge in [-0.1, -0.05) is 43.0 Å². The van der Waals surface area contributed by atoms with Crippen molar-refractivity contribution in [1.82, 2.24) is 5.32 Å². The molecule has 1 heterocycles. The Hall–Kier alpha value is -1.38. The van der Waals surface area contributed by atoms with Gasteiger partial charge in [0.25, 0.3) is 0 Å². The summed E-state index contributed by atoms with van der Waals surface area (Å²) in [5.74, 6) is -0.110. The van der Waals surface area contributed by atoms with E-state index in [1.807, 2.05) is 30.3 Å². The van der Waals surface area contributed by atoms with E-state index in [0.29, 0.717) is 0 Å². The Morgan fingerprint density at radius 2 is 1.71 bits per heavy atom. The third-order valence-electron chi connectivity index (χ3n) is 2.45. The van der Waals surface area contributed by atoms with Crippen LogP contribution in [0.4, 0.5) is 0 Å². The molecule has 17 heavy (non-hydrogen) atoms. The summed E-state index contributed by atoms with van der Waals surface area (Å²) in [7, 11) is 0. The predicted molar refractivity (Wildman–Crippen MR) is 72.2 cm³/mol. The zero-order valence-electron chi connectivity index (χ0n) is 9.66. The highest BCUT2D eigenvalue weighted by molar-refractivity contribution is 6.30. The fourth-order valence-electron chi connectivity index (χ4n) is 1.50. The molecule has 90 valence electrons. The number of benzene rings is 1. The molecule has 0 bridgehead atoms. The summed E-state index contributed by atoms with van der Waals surface area (Å²) in [6.07, 6.45) is 0.908. The molecule has 0 amide bonds. The standard InChI is InChI=1S/C8H11NO.C6H5Cl/c1-6-3-9-4-7(2)8(6)5-10;7-6-4-2-1-3-5-6/h5,8-9H,1-4H2;1-5H. The zero-order chi connectivity index (χ0) is 12.7. The number of halogens is 1. The van der Waals surface area contributed by atoms with E-state index >= 15 is 0 Å². The minimum Gasteiger partial charge on any atom is -0.309 e.